The van der Waals surface area contributed by atoms with Crippen molar-refractivity contribution in [1.29, 1.82) is 0 Å². The van der Waals surface area contributed by atoms with E-state index in [1.807, 2.05) is 21.1 Å². The zero-order valence-corrected chi connectivity index (χ0v) is 52.1. The van der Waals surface area contributed by atoms with Gasteiger partial charge in [0.2, 0.25) is 0 Å². The minimum atomic E-state index is -1.53. The lowest BCUT2D eigenvalue weighted by Crippen LogP contribution is -2.40. The minimum absolute atomic E-state index is 0.174. The molecular formula is C72H118NO8+. The molecule has 0 aromatic rings. The molecule has 0 fully saturated rings. The van der Waals surface area contributed by atoms with Crippen molar-refractivity contribution in [2.24, 2.45) is 0 Å². The number of quaternary nitrogens is 1. The third-order valence-corrected chi connectivity index (χ3v) is 13.1. The van der Waals surface area contributed by atoms with Crippen molar-refractivity contribution in [3.63, 3.8) is 0 Å². The first-order valence-corrected chi connectivity index (χ1v) is 32.0. The third kappa shape index (κ3) is 62.6. The quantitative estimate of drug-likeness (QED) is 0.0211. The smallest absolute Gasteiger partial charge is 0.361 e. The molecule has 0 aliphatic carbocycles. The van der Waals surface area contributed by atoms with Crippen LogP contribution in [0.4, 0.5) is 0 Å². The Kier molecular flexibility index (Phi) is 57.6. The predicted molar refractivity (Wildman–Crippen MR) is 345 cm³/mol. The first-order chi connectivity index (χ1) is 39.6. The van der Waals surface area contributed by atoms with Crippen LogP contribution in [-0.4, -0.2) is 87.4 Å². The van der Waals surface area contributed by atoms with E-state index in [0.29, 0.717) is 17.4 Å². The zero-order valence-electron chi connectivity index (χ0n) is 52.1. The normalized spacial score (nSPS) is 13.7. The van der Waals surface area contributed by atoms with E-state index < -0.39 is 24.3 Å². The number of likely N-dealkylation sites (N-methyl/N-ethyl adjacent to an activating group) is 1. The highest BCUT2D eigenvalue weighted by molar-refractivity contribution is 5.71. The molecule has 0 aromatic heterocycles. The fraction of sp³-hybridized carbons (Fsp3) is 0.625. The molecular weight excluding hydrogens is 1010 g/mol. The molecule has 0 heterocycles. The van der Waals surface area contributed by atoms with Crippen LogP contribution in [0.5, 0.6) is 0 Å². The summed E-state index contributed by atoms with van der Waals surface area (Å²) in [5.41, 5.74) is 0. The maximum absolute atomic E-state index is 12.9. The maximum Gasteiger partial charge on any atom is 0.361 e. The van der Waals surface area contributed by atoms with Crippen LogP contribution >= 0.6 is 0 Å². The molecule has 0 saturated carbocycles. The van der Waals surface area contributed by atoms with Crippen molar-refractivity contribution in [2.45, 2.75) is 245 Å². The standard InChI is InChI=1S/C72H117NO8/c1-6-8-10-12-14-16-18-20-22-24-26-28-30-32-34-35-37-39-41-43-45-47-49-51-53-55-57-59-61-63-70(75)81-68(67-80-72(71(76)77)78-65-64-73(3,4)5)66-79-69(74)62-60-58-56-54-52-50-48-46-44-42-40-38-36-33-31-29-27-25-23-21-19-17-15-13-11-9-7-2/h8-11,14-17,20-23,26-29,32,34,37,39,43,45,49,51,68,72H,6-7,12-13,18-19,24-25,30-31,33,35-36,38,40-42,44,46-48,50,52-67H2,1-5H3/p+1/b10-8-,11-9-,16-14-,17-15-,22-20-,23-21-,28-26-,29-27-,34-32-,39-37-,45-43-,51-49-. The first-order valence-electron chi connectivity index (χ1n) is 32.0. The van der Waals surface area contributed by atoms with E-state index in [2.05, 4.69) is 160 Å². The van der Waals surface area contributed by atoms with Gasteiger partial charge in [0.15, 0.2) is 6.10 Å². The van der Waals surface area contributed by atoms with Gasteiger partial charge < -0.3 is 28.5 Å². The van der Waals surface area contributed by atoms with Crippen LogP contribution in [0, 0.1) is 0 Å². The SMILES string of the molecule is CC/C=C\C/C=C\C/C=C\C/C=C\C/C=C\C/C=C\C/C=C\C/C=C\CCCCCCC(=O)OC(COC(=O)CCCCCCCCCCCCCCCC/C=C\C/C=C\C/C=C\C/C=C\CC)COC(OCC[N+](C)(C)C)C(=O)O. The second-order valence-corrected chi connectivity index (χ2v) is 22.0. The van der Waals surface area contributed by atoms with Gasteiger partial charge in [-0.1, -0.05) is 250 Å². The molecule has 0 rings (SSSR count). The van der Waals surface area contributed by atoms with Gasteiger partial charge in [-0.2, -0.15) is 0 Å². The van der Waals surface area contributed by atoms with E-state index >= 15 is 0 Å². The highest BCUT2D eigenvalue weighted by atomic mass is 16.7. The molecule has 81 heavy (non-hydrogen) atoms. The monoisotopic (exact) mass is 1120 g/mol. The first kappa shape index (κ1) is 76.2. The number of hydrogen-bond acceptors (Lipinski definition) is 7. The number of carboxylic acid groups (broad SMARTS) is 1. The summed E-state index contributed by atoms with van der Waals surface area (Å²) in [4.78, 5) is 37.5. The molecule has 1 N–H and O–H groups in total. The average Bonchev–Trinajstić information content (AvgIpc) is 3.44. The minimum Gasteiger partial charge on any atom is -0.477 e. The van der Waals surface area contributed by atoms with Crippen LogP contribution in [-0.2, 0) is 33.3 Å². The molecule has 0 spiro atoms. The fourth-order valence-electron chi connectivity index (χ4n) is 8.26. The number of esters is 2. The van der Waals surface area contributed by atoms with Gasteiger partial charge in [-0.3, -0.25) is 9.59 Å². The van der Waals surface area contributed by atoms with Crippen LogP contribution in [0.2, 0.25) is 0 Å². The molecule has 0 aliphatic rings. The van der Waals surface area contributed by atoms with E-state index in [0.717, 1.165) is 122 Å². The number of aliphatic carboxylic acids is 1. The van der Waals surface area contributed by atoms with Gasteiger partial charge in [-0.05, 0) is 116 Å². The van der Waals surface area contributed by atoms with Gasteiger partial charge >= 0.3 is 17.9 Å². The summed E-state index contributed by atoms with van der Waals surface area (Å²) in [7, 11) is 5.95. The largest absolute Gasteiger partial charge is 0.477 e. The van der Waals surface area contributed by atoms with Gasteiger partial charge in [-0.15, -0.1) is 0 Å². The van der Waals surface area contributed by atoms with Crippen molar-refractivity contribution >= 4 is 17.9 Å². The van der Waals surface area contributed by atoms with Crippen molar-refractivity contribution in [1.82, 2.24) is 0 Å². The topological polar surface area (TPSA) is 108 Å². The summed E-state index contributed by atoms with van der Waals surface area (Å²) in [6.07, 6.45) is 86.5. The van der Waals surface area contributed by atoms with E-state index in [9.17, 15) is 19.5 Å². The number of ether oxygens (including phenoxy) is 4. The van der Waals surface area contributed by atoms with Crippen molar-refractivity contribution < 1.29 is 42.9 Å². The third-order valence-electron chi connectivity index (χ3n) is 13.1. The Bertz CT molecular complexity index is 1840. The highest BCUT2D eigenvalue weighted by Gasteiger charge is 2.25. The van der Waals surface area contributed by atoms with Gasteiger partial charge in [-0.25, -0.2) is 4.79 Å². The van der Waals surface area contributed by atoms with Crippen LogP contribution in [0.1, 0.15) is 232 Å². The molecule has 458 valence electrons. The molecule has 0 radical (unpaired) electrons. The summed E-state index contributed by atoms with van der Waals surface area (Å²) >= 11 is 0. The average molecular weight is 1130 g/mol. The summed E-state index contributed by atoms with van der Waals surface area (Å²) in [6.45, 7) is 4.61. The zero-order chi connectivity index (χ0) is 59.1. The van der Waals surface area contributed by atoms with Crippen molar-refractivity contribution in [2.75, 3.05) is 47.5 Å². The van der Waals surface area contributed by atoms with E-state index in [4.69, 9.17) is 18.9 Å². The second kappa shape index (κ2) is 61.2. The number of hydrogen-bond donors (Lipinski definition) is 1. The van der Waals surface area contributed by atoms with Gasteiger partial charge in [0.25, 0.3) is 6.29 Å². The van der Waals surface area contributed by atoms with E-state index in [-0.39, 0.29) is 38.6 Å². The highest BCUT2D eigenvalue weighted by Crippen LogP contribution is 2.15. The van der Waals surface area contributed by atoms with Crippen LogP contribution in [0.3, 0.4) is 0 Å². The number of carbonyl (C=O) groups is 3. The molecule has 0 amide bonds. The maximum atomic E-state index is 12.9. The Morgan fingerprint density at radius 3 is 0.988 bits per heavy atom. The molecule has 2 atom stereocenters. The summed E-state index contributed by atoms with van der Waals surface area (Å²) in [5.74, 6) is -2.05. The number of nitrogens with zero attached hydrogens (tertiary/aromatic N) is 1. The second-order valence-electron chi connectivity index (χ2n) is 22.0. The number of unbranched alkanes of at least 4 members (excludes halogenated alkanes) is 18. The molecule has 9 nitrogen and oxygen atoms in total. The van der Waals surface area contributed by atoms with Gasteiger partial charge in [0, 0.05) is 12.8 Å². The summed E-state index contributed by atoms with van der Waals surface area (Å²) in [6, 6.07) is 0. The Balaban J connectivity index is 4.28. The Morgan fingerprint density at radius 1 is 0.370 bits per heavy atom. The van der Waals surface area contributed by atoms with Crippen molar-refractivity contribution in [3.8, 4) is 0 Å². The van der Waals surface area contributed by atoms with Gasteiger partial charge in [0.05, 0.1) is 34.4 Å². The number of allylic oxidation sites excluding steroid dienone is 24. The molecule has 0 aromatic carbocycles. The summed E-state index contributed by atoms with van der Waals surface area (Å²) < 4.78 is 22.9. The predicted octanol–water partition coefficient (Wildman–Crippen LogP) is 19.6. The Morgan fingerprint density at radius 2 is 0.667 bits per heavy atom. The molecule has 0 saturated heterocycles. The van der Waals surface area contributed by atoms with Crippen molar-refractivity contribution in [3.05, 3.63) is 146 Å². The number of carbonyl (C=O) groups excluding carboxylic acids is 2. The van der Waals surface area contributed by atoms with Crippen LogP contribution in [0.25, 0.3) is 0 Å². The van der Waals surface area contributed by atoms with Gasteiger partial charge in [0.1, 0.15) is 13.2 Å². The van der Waals surface area contributed by atoms with Crippen LogP contribution < -0.4 is 0 Å². The number of carboxylic acids is 1. The molecule has 0 aliphatic heterocycles. The molecule has 2 unspecified atom stereocenters. The van der Waals surface area contributed by atoms with Crippen LogP contribution in [0.15, 0.2) is 146 Å². The lowest BCUT2D eigenvalue weighted by atomic mass is 10.0. The summed E-state index contributed by atoms with van der Waals surface area (Å²) in [5, 5.41) is 9.73. The van der Waals surface area contributed by atoms with E-state index in [1.165, 1.54) is 77.0 Å². The Hall–Kier alpha value is -4.83. The lowest BCUT2D eigenvalue weighted by molar-refractivity contribution is -0.870. The number of rotatable bonds is 57. The lowest BCUT2D eigenvalue weighted by Gasteiger charge is -2.25. The molecule has 9 heteroatoms. The van der Waals surface area contributed by atoms with E-state index in [1.54, 1.807) is 0 Å². The molecule has 0 bridgehead atoms. The Labute approximate surface area is 496 Å². The fourth-order valence-corrected chi connectivity index (χ4v) is 8.26.